The number of hydrogen-bond acceptors (Lipinski definition) is 3. The van der Waals surface area contributed by atoms with Crippen molar-refractivity contribution in [3.8, 4) is 0 Å². The molecule has 0 aromatic heterocycles. The summed E-state index contributed by atoms with van der Waals surface area (Å²) in [5, 5.41) is 15.6. The fourth-order valence-corrected chi connectivity index (χ4v) is 4.49. The number of hydrogen-bond donors (Lipinski definition) is 2. The average molecular weight is 351 g/mol. The summed E-state index contributed by atoms with van der Waals surface area (Å²) < 4.78 is 0. The van der Waals surface area contributed by atoms with Crippen LogP contribution in [0, 0.1) is 0 Å². The molecule has 1 aromatic carbocycles. The molecule has 1 saturated carbocycles. The van der Waals surface area contributed by atoms with Gasteiger partial charge >= 0.3 is 0 Å². The summed E-state index contributed by atoms with van der Waals surface area (Å²) in [6, 6.07) is 8.92. The number of nitrogens with one attached hydrogen (secondary N) is 1. The molecule has 24 heavy (non-hydrogen) atoms. The van der Waals surface area contributed by atoms with Crippen LogP contribution in [0.5, 0.6) is 0 Å². The molecule has 1 saturated heterocycles. The quantitative estimate of drug-likeness (QED) is 0.844. The van der Waals surface area contributed by atoms with Gasteiger partial charge in [-0.2, -0.15) is 0 Å². The Morgan fingerprint density at radius 2 is 1.83 bits per heavy atom. The second kappa shape index (κ2) is 8.18. The van der Waals surface area contributed by atoms with Gasteiger partial charge in [0, 0.05) is 17.1 Å². The van der Waals surface area contributed by atoms with Gasteiger partial charge < -0.3 is 15.3 Å². The maximum absolute atomic E-state index is 11.0. The van der Waals surface area contributed by atoms with E-state index in [0.29, 0.717) is 17.1 Å². The van der Waals surface area contributed by atoms with Crippen LogP contribution in [-0.2, 0) is 5.60 Å². The molecule has 3 rings (SSSR count). The number of nitrogens with zero attached hydrogens (tertiary/aromatic N) is 1. The molecule has 0 bridgehead atoms. The summed E-state index contributed by atoms with van der Waals surface area (Å²) in [5.41, 5.74) is 0.273. The van der Waals surface area contributed by atoms with Crippen LogP contribution >= 0.6 is 11.6 Å². The molecule has 1 aliphatic heterocycles. The molecule has 2 N–H and O–H groups in total. The summed E-state index contributed by atoms with van der Waals surface area (Å²) >= 11 is 6.09. The van der Waals surface area contributed by atoms with Gasteiger partial charge in [-0.15, -0.1) is 0 Å². The molecule has 0 radical (unpaired) electrons. The topological polar surface area (TPSA) is 35.5 Å². The summed E-state index contributed by atoms with van der Waals surface area (Å²) in [7, 11) is 0. The lowest BCUT2D eigenvalue weighted by molar-refractivity contribution is -0.0102. The van der Waals surface area contributed by atoms with E-state index in [4.69, 9.17) is 11.6 Å². The van der Waals surface area contributed by atoms with Crippen LogP contribution in [0.3, 0.4) is 0 Å². The van der Waals surface area contributed by atoms with Crippen molar-refractivity contribution in [2.45, 2.75) is 69.6 Å². The normalized spacial score (nSPS) is 29.7. The van der Waals surface area contributed by atoms with Gasteiger partial charge in [0.15, 0.2) is 0 Å². The Morgan fingerprint density at radius 3 is 2.46 bits per heavy atom. The predicted octanol–water partition coefficient (Wildman–Crippen LogP) is 3.93. The molecule has 0 amide bonds. The number of benzene rings is 1. The number of piperidine rings is 1. The lowest BCUT2D eigenvalue weighted by Gasteiger charge is -2.40. The minimum atomic E-state index is -0.701. The van der Waals surface area contributed by atoms with Gasteiger partial charge in [-0.25, -0.2) is 0 Å². The van der Waals surface area contributed by atoms with E-state index in [1.165, 1.54) is 38.9 Å². The molecule has 4 heteroatoms. The van der Waals surface area contributed by atoms with E-state index in [9.17, 15) is 5.11 Å². The Labute approximate surface area is 151 Å². The first kappa shape index (κ1) is 18.2. The van der Waals surface area contributed by atoms with E-state index in [-0.39, 0.29) is 0 Å². The summed E-state index contributed by atoms with van der Waals surface area (Å²) in [4.78, 5) is 2.58. The third kappa shape index (κ3) is 4.51. The Hall–Kier alpha value is -0.610. The first-order chi connectivity index (χ1) is 11.6. The van der Waals surface area contributed by atoms with Crippen LogP contribution in [0.4, 0.5) is 0 Å². The maximum Gasteiger partial charge on any atom is 0.0898 e. The molecule has 0 spiro atoms. The minimum Gasteiger partial charge on any atom is -0.385 e. The molecule has 0 unspecified atom stereocenters. The lowest BCUT2D eigenvalue weighted by Crippen LogP contribution is -2.48. The van der Waals surface area contributed by atoms with Crippen molar-refractivity contribution in [3.63, 3.8) is 0 Å². The van der Waals surface area contributed by atoms with Gasteiger partial charge in [0.25, 0.3) is 0 Å². The van der Waals surface area contributed by atoms with Crippen molar-refractivity contribution in [1.82, 2.24) is 10.2 Å². The van der Waals surface area contributed by atoms with Gasteiger partial charge in [0.2, 0.25) is 0 Å². The first-order valence-electron chi connectivity index (χ1n) is 9.56. The van der Waals surface area contributed by atoms with Gasteiger partial charge in [0.05, 0.1) is 5.60 Å². The van der Waals surface area contributed by atoms with Crippen LogP contribution in [-0.4, -0.2) is 41.7 Å². The van der Waals surface area contributed by atoms with Crippen molar-refractivity contribution < 1.29 is 5.11 Å². The Balaban J connectivity index is 1.47. The molecule has 134 valence electrons. The lowest BCUT2D eigenvalue weighted by atomic mass is 9.77. The number of aliphatic hydroxyl groups is 1. The maximum atomic E-state index is 11.0. The molecule has 1 heterocycles. The van der Waals surface area contributed by atoms with E-state index in [2.05, 4.69) is 17.1 Å². The Bertz CT molecular complexity index is 520. The number of likely N-dealkylation sites (tertiary alicyclic amines) is 1. The zero-order valence-electron chi connectivity index (χ0n) is 14.8. The highest BCUT2D eigenvalue weighted by Crippen LogP contribution is 2.38. The van der Waals surface area contributed by atoms with Gasteiger partial charge in [-0.3, -0.25) is 0 Å². The molecular formula is C20H31ClN2O. The Kier molecular flexibility index (Phi) is 6.20. The average Bonchev–Trinajstić information content (AvgIpc) is 2.59. The molecule has 2 fully saturated rings. The highest BCUT2D eigenvalue weighted by Gasteiger charge is 2.35. The summed E-state index contributed by atoms with van der Waals surface area (Å²) in [5.74, 6) is 0. The van der Waals surface area contributed by atoms with Crippen LogP contribution in [0.15, 0.2) is 24.3 Å². The second-order valence-electron chi connectivity index (χ2n) is 7.60. The van der Waals surface area contributed by atoms with E-state index in [1.54, 1.807) is 0 Å². The van der Waals surface area contributed by atoms with Crippen LogP contribution in [0.25, 0.3) is 0 Å². The zero-order valence-corrected chi connectivity index (χ0v) is 15.6. The van der Waals surface area contributed by atoms with E-state index >= 15 is 0 Å². The van der Waals surface area contributed by atoms with Gasteiger partial charge in [0.1, 0.15) is 0 Å². The smallest absolute Gasteiger partial charge is 0.0898 e. The third-order valence-electron chi connectivity index (χ3n) is 5.77. The molecule has 3 nitrogen and oxygen atoms in total. The minimum absolute atomic E-state index is 0.548. The molecule has 0 atom stereocenters. The van der Waals surface area contributed by atoms with E-state index in [0.717, 1.165) is 31.2 Å². The van der Waals surface area contributed by atoms with Crippen LogP contribution in [0.1, 0.15) is 57.4 Å². The number of halogens is 1. The van der Waals surface area contributed by atoms with E-state index in [1.807, 2.05) is 24.3 Å². The van der Waals surface area contributed by atoms with Gasteiger partial charge in [-0.05, 0) is 82.3 Å². The predicted molar refractivity (Wildman–Crippen MR) is 100 cm³/mol. The molecule has 1 aromatic rings. The molecule has 2 aliphatic rings. The van der Waals surface area contributed by atoms with E-state index < -0.39 is 5.60 Å². The van der Waals surface area contributed by atoms with Crippen molar-refractivity contribution >= 4 is 11.6 Å². The van der Waals surface area contributed by atoms with Crippen molar-refractivity contribution in [3.05, 3.63) is 34.9 Å². The molecular weight excluding hydrogens is 320 g/mol. The monoisotopic (exact) mass is 350 g/mol. The summed E-state index contributed by atoms with van der Waals surface area (Å²) in [6.45, 7) is 5.95. The van der Waals surface area contributed by atoms with Crippen molar-refractivity contribution in [2.24, 2.45) is 0 Å². The fourth-order valence-electron chi connectivity index (χ4n) is 4.30. The highest BCUT2D eigenvalue weighted by molar-refractivity contribution is 6.30. The van der Waals surface area contributed by atoms with Gasteiger partial charge in [-0.1, -0.05) is 30.7 Å². The summed E-state index contributed by atoms with van der Waals surface area (Å²) in [6.07, 6.45) is 7.49. The SMILES string of the molecule is CCCN1CCC(NC2CCC(O)(c3cccc(Cl)c3)CC2)CC1. The number of rotatable bonds is 5. The largest absolute Gasteiger partial charge is 0.385 e. The standard InChI is InChI=1S/C20H31ClN2O/c1-2-12-23-13-8-19(9-14-23)22-18-6-10-20(24,11-7-18)16-4-3-5-17(21)15-16/h3-5,15,18-19,22,24H,2,6-14H2,1H3. The zero-order chi connectivity index (χ0) is 17.0. The first-order valence-corrected chi connectivity index (χ1v) is 9.94. The highest BCUT2D eigenvalue weighted by atomic mass is 35.5. The third-order valence-corrected chi connectivity index (χ3v) is 6.01. The molecule has 1 aliphatic carbocycles. The van der Waals surface area contributed by atoms with Crippen molar-refractivity contribution in [2.75, 3.05) is 19.6 Å². The van der Waals surface area contributed by atoms with Crippen LogP contribution < -0.4 is 5.32 Å². The van der Waals surface area contributed by atoms with Crippen molar-refractivity contribution in [1.29, 1.82) is 0 Å². The Morgan fingerprint density at radius 1 is 1.17 bits per heavy atom. The second-order valence-corrected chi connectivity index (χ2v) is 8.04. The van der Waals surface area contributed by atoms with Crippen LogP contribution in [0.2, 0.25) is 5.02 Å². The fraction of sp³-hybridized carbons (Fsp3) is 0.700.